The van der Waals surface area contributed by atoms with Crippen molar-refractivity contribution in [2.24, 2.45) is 0 Å². The first-order valence-corrected chi connectivity index (χ1v) is 8.92. The lowest BCUT2D eigenvalue weighted by Crippen LogP contribution is -2.22. The van der Waals surface area contributed by atoms with Gasteiger partial charge >= 0.3 is 0 Å². The summed E-state index contributed by atoms with van der Waals surface area (Å²) in [5.74, 6) is 2.16. The van der Waals surface area contributed by atoms with E-state index in [2.05, 4.69) is 15.6 Å². The van der Waals surface area contributed by atoms with Crippen LogP contribution in [0.2, 0.25) is 0 Å². The maximum Gasteiger partial charge on any atom is 0.253 e. The quantitative estimate of drug-likeness (QED) is 0.627. The van der Waals surface area contributed by atoms with Crippen molar-refractivity contribution in [3.63, 3.8) is 0 Å². The summed E-state index contributed by atoms with van der Waals surface area (Å²) < 4.78 is 10.3. The summed E-state index contributed by atoms with van der Waals surface area (Å²) in [5, 5.41) is 6.13. The second-order valence-corrected chi connectivity index (χ2v) is 6.16. The zero-order chi connectivity index (χ0) is 19.8. The van der Waals surface area contributed by atoms with Gasteiger partial charge in [0.2, 0.25) is 0 Å². The Kier molecular flexibility index (Phi) is 6.46. The number of benzene rings is 2. The molecule has 0 radical (unpaired) electrons. The third-order valence-electron chi connectivity index (χ3n) is 4.27. The van der Waals surface area contributed by atoms with Gasteiger partial charge in [0.25, 0.3) is 5.91 Å². The van der Waals surface area contributed by atoms with Gasteiger partial charge < -0.3 is 20.1 Å². The lowest BCUT2D eigenvalue weighted by Gasteiger charge is -2.08. The van der Waals surface area contributed by atoms with Gasteiger partial charge in [0, 0.05) is 19.3 Å². The van der Waals surface area contributed by atoms with E-state index in [-0.39, 0.29) is 5.91 Å². The highest BCUT2D eigenvalue weighted by Crippen LogP contribution is 2.14. The molecule has 0 aliphatic carbocycles. The van der Waals surface area contributed by atoms with Crippen molar-refractivity contribution in [2.45, 2.75) is 13.1 Å². The van der Waals surface area contributed by atoms with Crippen molar-refractivity contribution in [1.29, 1.82) is 0 Å². The molecule has 1 amide bonds. The van der Waals surface area contributed by atoms with Crippen molar-refractivity contribution in [1.82, 2.24) is 10.3 Å². The van der Waals surface area contributed by atoms with Crippen LogP contribution in [0.25, 0.3) is 0 Å². The number of methoxy groups -OCH3 is 2. The van der Waals surface area contributed by atoms with Crippen LogP contribution in [0.15, 0.2) is 66.9 Å². The normalized spacial score (nSPS) is 10.2. The first-order chi connectivity index (χ1) is 13.7. The van der Waals surface area contributed by atoms with E-state index in [4.69, 9.17) is 9.47 Å². The van der Waals surface area contributed by atoms with Gasteiger partial charge in [-0.2, -0.15) is 0 Å². The van der Waals surface area contributed by atoms with Crippen LogP contribution in [-0.2, 0) is 13.1 Å². The summed E-state index contributed by atoms with van der Waals surface area (Å²) in [6.07, 6.45) is 1.57. The molecule has 0 saturated carbocycles. The summed E-state index contributed by atoms with van der Waals surface area (Å²) >= 11 is 0. The second kappa shape index (κ2) is 9.41. The Labute approximate surface area is 164 Å². The van der Waals surface area contributed by atoms with Gasteiger partial charge in [0.05, 0.1) is 19.8 Å². The maximum absolute atomic E-state index is 12.3. The molecular weight excluding hydrogens is 354 g/mol. The molecule has 6 nitrogen and oxygen atoms in total. The Bertz CT molecular complexity index is 892. The van der Waals surface area contributed by atoms with Gasteiger partial charge in [-0.05, 0) is 47.5 Å². The van der Waals surface area contributed by atoms with Crippen LogP contribution in [0.5, 0.6) is 11.5 Å². The number of hydrogen-bond acceptors (Lipinski definition) is 5. The molecule has 0 saturated heterocycles. The molecule has 0 aliphatic rings. The number of hydrogen-bond donors (Lipinski definition) is 2. The molecule has 28 heavy (non-hydrogen) atoms. The molecule has 1 aromatic heterocycles. The Hall–Kier alpha value is -3.54. The van der Waals surface area contributed by atoms with E-state index in [9.17, 15) is 4.79 Å². The SMILES string of the molecule is COc1ccc(CNC(=O)c2ccc(NCc3ccc(OC)cc3)nc2)cc1. The zero-order valence-corrected chi connectivity index (χ0v) is 15.9. The van der Waals surface area contributed by atoms with Crippen LogP contribution in [-0.4, -0.2) is 25.1 Å². The predicted molar refractivity (Wildman–Crippen MR) is 109 cm³/mol. The minimum atomic E-state index is -0.162. The molecular formula is C22H23N3O3. The van der Waals surface area contributed by atoms with E-state index in [0.717, 1.165) is 22.6 Å². The minimum absolute atomic E-state index is 0.162. The number of carbonyl (C=O) groups is 1. The summed E-state index contributed by atoms with van der Waals surface area (Å²) in [6, 6.07) is 18.9. The number of carbonyl (C=O) groups excluding carboxylic acids is 1. The summed E-state index contributed by atoms with van der Waals surface area (Å²) in [5.41, 5.74) is 2.63. The van der Waals surface area contributed by atoms with Crippen molar-refractivity contribution in [3.05, 3.63) is 83.6 Å². The molecule has 3 rings (SSSR count). The summed E-state index contributed by atoms with van der Waals surface area (Å²) in [4.78, 5) is 16.6. The standard InChI is InChI=1S/C22H23N3O3/c1-27-19-8-3-16(4-9-19)13-23-21-12-7-18(15-24-21)22(26)25-14-17-5-10-20(28-2)11-6-17/h3-12,15H,13-14H2,1-2H3,(H,23,24)(H,25,26). The Balaban J connectivity index is 1.50. The molecule has 3 aromatic rings. The van der Waals surface area contributed by atoms with E-state index >= 15 is 0 Å². The van der Waals surface area contributed by atoms with Gasteiger partial charge in [-0.1, -0.05) is 24.3 Å². The van der Waals surface area contributed by atoms with Gasteiger partial charge in [-0.3, -0.25) is 4.79 Å². The highest BCUT2D eigenvalue weighted by atomic mass is 16.5. The smallest absolute Gasteiger partial charge is 0.253 e. The Morgan fingerprint density at radius 1 is 0.821 bits per heavy atom. The van der Waals surface area contributed by atoms with Gasteiger partial charge in [-0.15, -0.1) is 0 Å². The molecule has 2 N–H and O–H groups in total. The molecule has 6 heteroatoms. The number of nitrogens with zero attached hydrogens (tertiary/aromatic N) is 1. The summed E-state index contributed by atoms with van der Waals surface area (Å²) in [6.45, 7) is 1.08. The topological polar surface area (TPSA) is 72.5 Å². The average Bonchev–Trinajstić information content (AvgIpc) is 2.77. The molecule has 0 unspecified atom stereocenters. The largest absolute Gasteiger partial charge is 0.497 e. The Morgan fingerprint density at radius 3 is 1.89 bits per heavy atom. The number of amides is 1. The molecule has 0 spiro atoms. The van der Waals surface area contributed by atoms with E-state index < -0.39 is 0 Å². The predicted octanol–water partition coefficient (Wildman–Crippen LogP) is 3.64. The van der Waals surface area contributed by atoms with Crippen LogP contribution < -0.4 is 20.1 Å². The van der Waals surface area contributed by atoms with Crippen LogP contribution in [0.4, 0.5) is 5.82 Å². The highest BCUT2D eigenvalue weighted by Gasteiger charge is 2.06. The van der Waals surface area contributed by atoms with Crippen LogP contribution in [0.3, 0.4) is 0 Å². The van der Waals surface area contributed by atoms with Crippen molar-refractivity contribution in [3.8, 4) is 11.5 Å². The number of rotatable bonds is 8. The first-order valence-electron chi connectivity index (χ1n) is 8.92. The van der Waals surface area contributed by atoms with E-state index in [1.807, 2.05) is 48.5 Å². The molecule has 0 fully saturated rings. The molecule has 144 valence electrons. The summed E-state index contributed by atoms with van der Waals surface area (Å²) in [7, 11) is 3.27. The third kappa shape index (κ3) is 5.23. The fraction of sp³-hybridized carbons (Fsp3) is 0.182. The van der Waals surface area contributed by atoms with Gasteiger partial charge in [0.1, 0.15) is 17.3 Å². The number of anilines is 1. The monoisotopic (exact) mass is 377 g/mol. The molecule has 0 atom stereocenters. The maximum atomic E-state index is 12.3. The van der Waals surface area contributed by atoms with Crippen molar-refractivity contribution < 1.29 is 14.3 Å². The zero-order valence-electron chi connectivity index (χ0n) is 15.9. The lowest BCUT2D eigenvalue weighted by atomic mass is 10.2. The Morgan fingerprint density at radius 2 is 1.39 bits per heavy atom. The fourth-order valence-electron chi connectivity index (χ4n) is 2.60. The van der Waals surface area contributed by atoms with Gasteiger partial charge in [0.15, 0.2) is 0 Å². The number of nitrogens with one attached hydrogen (secondary N) is 2. The number of ether oxygens (including phenoxy) is 2. The molecule has 1 heterocycles. The van der Waals surface area contributed by atoms with Crippen LogP contribution in [0.1, 0.15) is 21.5 Å². The average molecular weight is 377 g/mol. The lowest BCUT2D eigenvalue weighted by molar-refractivity contribution is 0.0950. The molecule has 0 aliphatic heterocycles. The first kappa shape index (κ1) is 19.2. The van der Waals surface area contributed by atoms with E-state index in [1.165, 1.54) is 0 Å². The van der Waals surface area contributed by atoms with E-state index in [1.54, 1.807) is 32.5 Å². The second-order valence-electron chi connectivity index (χ2n) is 6.16. The van der Waals surface area contributed by atoms with E-state index in [0.29, 0.717) is 24.5 Å². The van der Waals surface area contributed by atoms with Gasteiger partial charge in [-0.25, -0.2) is 4.98 Å². The number of aromatic nitrogens is 1. The molecule has 0 bridgehead atoms. The minimum Gasteiger partial charge on any atom is -0.497 e. The van der Waals surface area contributed by atoms with Crippen molar-refractivity contribution in [2.75, 3.05) is 19.5 Å². The number of pyridine rings is 1. The third-order valence-corrected chi connectivity index (χ3v) is 4.27. The molecule has 2 aromatic carbocycles. The highest BCUT2D eigenvalue weighted by molar-refractivity contribution is 5.94. The van der Waals surface area contributed by atoms with Crippen LogP contribution in [0, 0.1) is 0 Å². The van der Waals surface area contributed by atoms with Crippen LogP contribution >= 0.6 is 0 Å². The fourth-order valence-corrected chi connectivity index (χ4v) is 2.60. The van der Waals surface area contributed by atoms with Crippen molar-refractivity contribution >= 4 is 11.7 Å².